The van der Waals surface area contributed by atoms with Crippen LogP contribution in [-0.2, 0) is 14.4 Å². The summed E-state index contributed by atoms with van der Waals surface area (Å²) < 4.78 is 0. The highest BCUT2D eigenvalue weighted by Crippen LogP contribution is 2.25. The van der Waals surface area contributed by atoms with Crippen molar-refractivity contribution >= 4 is 17.8 Å². The summed E-state index contributed by atoms with van der Waals surface area (Å²) >= 11 is 0. The minimum absolute atomic E-state index is 0.00549. The van der Waals surface area contributed by atoms with E-state index in [4.69, 9.17) is 0 Å². The first-order chi connectivity index (χ1) is 9.90. The van der Waals surface area contributed by atoms with Crippen molar-refractivity contribution in [3.63, 3.8) is 0 Å². The molecule has 0 aromatic rings. The molecule has 0 saturated carbocycles. The summed E-state index contributed by atoms with van der Waals surface area (Å²) in [4.78, 5) is 39.0. The van der Waals surface area contributed by atoms with Gasteiger partial charge >= 0.3 is 5.97 Å². The minimum atomic E-state index is -0.939. The molecule has 1 unspecified atom stereocenters. The zero-order chi connectivity index (χ0) is 15.6. The van der Waals surface area contributed by atoms with Crippen molar-refractivity contribution in [3.8, 4) is 0 Å². The third kappa shape index (κ3) is 3.54. The molecule has 118 valence electrons. The fourth-order valence-corrected chi connectivity index (χ4v) is 3.24. The molecule has 2 aliphatic rings. The molecule has 1 N–H and O–H groups in total. The zero-order valence-electron chi connectivity index (χ0n) is 12.7. The first-order valence-electron chi connectivity index (χ1n) is 7.71. The second-order valence-corrected chi connectivity index (χ2v) is 6.48. The van der Waals surface area contributed by atoms with Crippen molar-refractivity contribution in [2.24, 2.45) is 11.8 Å². The molecule has 0 bridgehead atoms. The minimum Gasteiger partial charge on any atom is -0.480 e. The smallest absolute Gasteiger partial charge is 0.326 e. The van der Waals surface area contributed by atoms with Gasteiger partial charge in [-0.25, -0.2) is 4.79 Å². The Balaban J connectivity index is 2.02. The Hall–Kier alpha value is -1.59. The number of carbonyl (C=O) groups excluding carboxylic acids is 2. The number of amides is 2. The second kappa shape index (κ2) is 6.45. The Morgan fingerprint density at radius 1 is 1.33 bits per heavy atom. The molecule has 0 aromatic carbocycles. The molecule has 2 saturated heterocycles. The summed E-state index contributed by atoms with van der Waals surface area (Å²) in [5.41, 5.74) is 0. The van der Waals surface area contributed by atoms with Crippen LogP contribution in [0.1, 0.15) is 39.5 Å². The molecular formula is C15H24N2O4. The molecule has 0 radical (unpaired) electrons. The maximum Gasteiger partial charge on any atom is 0.326 e. The van der Waals surface area contributed by atoms with E-state index in [2.05, 4.69) is 0 Å². The molecule has 2 heterocycles. The number of aliphatic carboxylic acids is 1. The molecule has 2 amide bonds. The summed E-state index contributed by atoms with van der Waals surface area (Å²) in [5, 5.41) is 9.25. The lowest BCUT2D eigenvalue weighted by molar-refractivity contribution is -0.153. The van der Waals surface area contributed by atoms with Crippen molar-refractivity contribution in [1.82, 2.24) is 9.80 Å². The molecule has 2 fully saturated rings. The third-order valence-corrected chi connectivity index (χ3v) is 4.22. The highest BCUT2D eigenvalue weighted by Gasteiger charge is 2.40. The Kier molecular flexibility index (Phi) is 4.85. The van der Waals surface area contributed by atoms with E-state index in [1.807, 2.05) is 13.8 Å². The van der Waals surface area contributed by atoms with Gasteiger partial charge in [-0.2, -0.15) is 0 Å². The Labute approximate surface area is 125 Å². The van der Waals surface area contributed by atoms with E-state index in [-0.39, 0.29) is 24.2 Å². The van der Waals surface area contributed by atoms with Crippen molar-refractivity contribution in [3.05, 3.63) is 0 Å². The molecule has 2 atom stereocenters. The molecule has 2 rings (SSSR count). The van der Waals surface area contributed by atoms with E-state index in [0.717, 1.165) is 12.8 Å². The number of carboxylic acid groups (broad SMARTS) is 1. The average molecular weight is 296 g/mol. The molecule has 2 aliphatic heterocycles. The normalized spacial score (nSPS) is 26.5. The number of likely N-dealkylation sites (tertiary alicyclic amines) is 2. The highest BCUT2D eigenvalue weighted by molar-refractivity contribution is 5.91. The van der Waals surface area contributed by atoms with E-state index >= 15 is 0 Å². The maximum atomic E-state index is 12.6. The quantitative estimate of drug-likeness (QED) is 0.838. The van der Waals surface area contributed by atoms with E-state index < -0.39 is 12.0 Å². The van der Waals surface area contributed by atoms with Crippen molar-refractivity contribution < 1.29 is 19.5 Å². The first-order valence-corrected chi connectivity index (χ1v) is 7.71. The fraction of sp³-hybridized carbons (Fsp3) is 0.800. The van der Waals surface area contributed by atoms with Gasteiger partial charge in [-0.05, 0) is 25.2 Å². The summed E-state index contributed by atoms with van der Waals surface area (Å²) in [6.07, 6.45) is 2.40. The third-order valence-electron chi connectivity index (χ3n) is 4.22. The van der Waals surface area contributed by atoms with Crippen LogP contribution in [0.3, 0.4) is 0 Å². The summed E-state index contributed by atoms with van der Waals surface area (Å²) in [7, 11) is 0. The summed E-state index contributed by atoms with van der Waals surface area (Å²) in [6, 6.07) is -0.722. The van der Waals surface area contributed by atoms with Crippen LogP contribution in [-0.4, -0.2) is 58.4 Å². The lowest BCUT2D eigenvalue weighted by Gasteiger charge is -2.34. The SMILES string of the molecule is CC(C)CN1CC(C(=O)N2CCCC[C@@H]2C(=O)O)CC1=O. The van der Waals surface area contributed by atoms with Gasteiger partial charge in [0.05, 0.1) is 5.92 Å². The molecule has 21 heavy (non-hydrogen) atoms. The van der Waals surface area contributed by atoms with Crippen LogP contribution in [0.4, 0.5) is 0 Å². The van der Waals surface area contributed by atoms with Crippen LogP contribution < -0.4 is 0 Å². The molecule has 0 aromatic heterocycles. The van der Waals surface area contributed by atoms with Gasteiger partial charge in [0, 0.05) is 26.1 Å². The van der Waals surface area contributed by atoms with Crippen molar-refractivity contribution in [1.29, 1.82) is 0 Å². The van der Waals surface area contributed by atoms with Crippen LogP contribution in [0.2, 0.25) is 0 Å². The summed E-state index contributed by atoms with van der Waals surface area (Å²) in [5.74, 6) is -1.11. The fourth-order valence-electron chi connectivity index (χ4n) is 3.24. The number of piperidine rings is 1. The molecule has 6 nitrogen and oxygen atoms in total. The maximum absolute atomic E-state index is 12.6. The number of hydrogen-bond acceptors (Lipinski definition) is 3. The Morgan fingerprint density at radius 3 is 2.67 bits per heavy atom. The Bertz CT molecular complexity index is 435. The van der Waals surface area contributed by atoms with Crippen LogP contribution in [0.5, 0.6) is 0 Å². The van der Waals surface area contributed by atoms with Gasteiger partial charge in [0.15, 0.2) is 0 Å². The van der Waals surface area contributed by atoms with Gasteiger partial charge in [-0.3, -0.25) is 9.59 Å². The van der Waals surface area contributed by atoms with Gasteiger partial charge in [0.1, 0.15) is 6.04 Å². The molecule has 0 aliphatic carbocycles. The van der Waals surface area contributed by atoms with Gasteiger partial charge in [0.2, 0.25) is 11.8 Å². The van der Waals surface area contributed by atoms with E-state index in [1.165, 1.54) is 4.90 Å². The van der Waals surface area contributed by atoms with Crippen molar-refractivity contribution in [2.75, 3.05) is 19.6 Å². The highest BCUT2D eigenvalue weighted by atomic mass is 16.4. The van der Waals surface area contributed by atoms with Gasteiger partial charge in [-0.1, -0.05) is 13.8 Å². The standard InChI is InChI=1S/C15H24N2O4/c1-10(2)8-16-9-11(7-13(16)18)14(19)17-6-4-3-5-12(17)15(20)21/h10-12H,3-9H2,1-2H3,(H,20,21)/t11?,12-/m1/s1. The van der Waals surface area contributed by atoms with Gasteiger partial charge in [0.25, 0.3) is 0 Å². The second-order valence-electron chi connectivity index (χ2n) is 6.48. The average Bonchev–Trinajstić information content (AvgIpc) is 2.78. The van der Waals surface area contributed by atoms with E-state index in [9.17, 15) is 19.5 Å². The number of nitrogens with zero attached hydrogens (tertiary/aromatic N) is 2. The predicted molar refractivity (Wildman–Crippen MR) is 76.5 cm³/mol. The number of carboxylic acids is 1. The van der Waals surface area contributed by atoms with Gasteiger partial charge in [-0.15, -0.1) is 0 Å². The lowest BCUT2D eigenvalue weighted by Crippen LogP contribution is -2.50. The largest absolute Gasteiger partial charge is 0.480 e. The molecular weight excluding hydrogens is 272 g/mol. The monoisotopic (exact) mass is 296 g/mol. The van der Waals surface area contributed by atoms with E-state index in [0.29, 0.717) is 32.0 Å². The number of hydrogen-bond donors (Lipinski definition) is 1. The zero-order valence-corrected chi connectivity index (χ0v) is 12.7. The number of rotatable bonds is 4. The van der Waals surface area contributed by atoms with Crippen LogP contribution in [0.15, 0.2) is 0 Å². The topological polar surface area (TPSA) is 77.9 Å². The first kappa shape index (κ1) is 15.8. The molecule has 0 spiro atoms. The van der Waals surface area contributed by atoms with Crippen LogP contribution in [0, 0.1) is 11.8 Å². The number of carbonyl (C=O) groups is 3. The van der Waals surface area contributed by atoms with Crippen LogP contribution >= 0.6 is 0 Å². The van der Waals surface area contributed by atoms with Crippen molar-refractivity contribution in [2.45, 2.75) is 45.6 Å². The molecule has 6 heteroatoms. The van der Waals surface area contributed by atoms with E-state index in [1.54, 1.807) is 4.90 Å². The summed E-state index contributed by atoms with van der Waals surface area (Å²) in [6.45, 7) is 5.65. The Morgan fingerprint density at radius 2 is 2.05 bits per heavy atom. The lowest BCUT2D eigenvalue weighted by atomic mass is 9.98. The van der Waals surface area contributed by atoms with Gasteiger partial charge < -0.3 is 14.9 Å². The van der Waals surface area contributed by atoms with Crippen LogP contribution in [0.25, 0.3) is 0 Å². The predicted octanol–water partition coefficient (Wildman–Crippen LogP) is 0.957.